The number of carbonyl (C=O) groups excluding carboxylic acids is 2. The number of hydrogen-bond donors (Lipinski definition) is 2. The molecule has 0 saturated heterocycles. The summed E-state index contributed by atoms with van der Waals surface area (Å²) in [7, 11) is 3.24. The average Bonchev–Trinajstić information content (AvgIpc) is 2.73. The number of amides is 3. The molecular formula is C11H16BrN3O3. The molecule has 0 aliphatic heterocycles. The van der Waals surface area contributed by atoms with E-state index in [2.05, 4.69) is 26.6 Å². The van der Waals surface area contributed by atoms with Crippen LogP contribution in [0.15, 0.2) is 21.2 Å². The van der Waals surface area contributed by atoms with E-state index in [1.165, 1.54) is 7.05 Å². The van der Waals surface area contributed by atoms with Crippen LogP contribution in [0.5, 0.6) is 0 Å². The van der Waals surface area contributed by atoms with Crippen molar-refractivity contribution in [2.24, 2.45) is 0 Å². The lowest BCUT2D eigenvalue weighted by atomic mass is 10.2. The molecule has 0 aliphatic rings. The molecule has 0 saturated carbocycles. The van der Waals surface area contributed by atoms with Gasteiger partial charge in [0.15, 0.2) is 4.67 Å². The fourth-order valence-electron chi connectivity index (χ4n) is 1.30. The predicted octanol–water partition coefficient (Wildman–Crippen LogP) is 1.32. The first kappa shape index (κ1) is 14.7. The van der Waals surface area contributed by atoms with Crippen LogP contribution in [0.25, 0.3) is 0 Å². The lowest BCUT2D eigenvalue weighted by Gasteiger charge is -2.22. The van der Waals surface area contributed by atoms with Gasteiger partial charge in [0, 0.05) is 7.05 Å². The average molecular weight is 318 g/mol. The third-order valence-corrected chi connectivity index (χ3v) is 2.96. The van der Waals surface area contributed by atoms with Crippen molar-refractivity contribution in [3.05, 3.63) is 22.6 Å². The summed E-state index contributed by atoms with van der Waals surface area (Å²) < 4.78 is 6.00. The molecule has 100 valence electrons. The molecule has 0 unspecified atom stereocenters. The Balaban J connectivity index is 2.52. The van der Waals surface area contributed by atoms with Crippen LogP contribution in [0, 0.1) is 0 Å². The predicted molar refractivity (Wildman–Crippen MR) is 69.9 cm³/mol. The summed E-state index contributed by atoms with van der Waals surface area (Å²) in [6.45, 7) is 2.20. The molecule has 6 nitrogen and oxygen atoms in total. The molecule has 0 radical (unpaired) electrons. The summed E-state index contributed by atoms with van der Waals surface area (Å²) in [6, 6.07) is 2.66. The van der Waals surface area contributed by atoms with Crippen molar-refractivity contribution in [2.75, 3.05) is 14.1 Å². The smallest absolute Gasteiger partial charge is 0.321 e. The Morgan fingerprint density at radius 1 is 1.50 bits per heavy atom. The van der Waals surface area contributed by atoms with E-state index in [0.29, 0.717) is 11.2 Å². The van der Waals surface area contributed by atoms with Crippen LogP contribution in [0.1, 0.15) is 12.7 Å². The van der Waals surface area contributed by atoms with Crippen molar-refractivity contribution < 1.29 is 14.0 Å². The van der Waals surface area contributed by atoms with Gasteiger partial charge in [-0.1, -0.05) is 0 Å². The number of nitrogens with zero attached hydrogens (tertiary/aromatic N) is 1. The molecule has 0 bridgehead atoms. The fourth-order valence-corrected chi connectivity index (χ4v) is 1.64. The van der Waals surface area contributed by atoms with Gasteiger partial charge in [0.05, 0.1) is 12.6 Å². The second kappa shape index (κ2) is 6.55. The molecule has 0 fully saturated rings. The van der Waals surface area contributed by atoms with Crippen LogP contribution < -0.4 is 10.6 Å². The molecule has 18 heavy (non-hydrogen) atoms. The van der Waals surface area contributed by atoms with E-state index in [1.54, 1.807) is 24.9 Å². The van der Waals surface area contributed by atoms with Crippen LogP contribution in [0.2, 0.25) is 0 Å². The monoisotopic (exact) mass is 317 g/mol. The van der Waals surface area contributed by atoms with E-state index >= 15 is 0 Å². The van der Waals surface area contributed by atoms with Gasteiger partial charge in [0.2, 0.25) is 5.91 Å². The topological polar surface area (TPSA) is 74.6 Å². The molecule has 0 aliphatic carbocycles. The summed E-state index contributed by atoms with van der Waals surface area (Å²) in [4.78, 5) is 24.5. The lowest BCUT2D eigenvalue weighted by Crippen LogP contribution is -2.47. The Kier molecular flexibility index (Phi) is 5.36. The zero-order chi connectivity index (χ0) is 13.7. The van der Waals surface area contributed by atoms with Crippen molar-refractivity contribution in [2.45, 2.75) is 19.5 Å². The first-order valence-electron chi connectivity index (χ1n) is 5.41. The molecule has 1 heterocycles. The van der Waals surface area contributed by atoms with Gasteiger partial charge in [0.1, 0.15) is 5.76 Å². The Morgan fingerprint density at radius 2 is 2.17 bits per heavy atom. The van der Waals surface area contributed by atoms with Gasteiger partial charge in [-0.25, -0.2) is 4.79 Å². The van der Waals surface area contributed by atoms with Crippen LogP contribution in [-0.2, 0) is 11.3 Å². The van der Waals surface area contributed by atoms with Crippen molar-refractivity contribution in [1.29, 1.82) is 0 Å². The summed E-state index contributed by atoms with van der Waals surface area (Å²) >= 11 is 3.21. The van der Waals surface area contributed by atoms with Crippen LogP contribution >= 0.6 is 15.9 Å². The normalized spacial score (nSPS) is 12.3. The number of urea groups is 1. The van der Waals surface area contributed by atoms with Gasteiger partial charge in [-0.3, -0.25) is 15.0 Å². The number of rotatable bonds is 4. The van der Waals surface area contributed by atoms with Gasteiger partial charge in [0.25, 0.3) is 0 Å². The van der Waals surface area contributed by atoms with Gasteiger partial charge >= 0.3 is 6.03 Å². The highest BCUT2D eigenvalue weighted by atomic mass is 79.9. The summed E-state index contributed by atoms with van der Waals surface area (Å²) in [5.74, 6) is 0.381. The fraction of sp³-hybridized carbons (Fsp3) is 0.455. The molecule has 1 aromatic heterocycles. The minimum atomic E-state index is -0.513. The van der Waals surface area contributed by atoms with Crippen LogP contribution in [-0.4, -0.2) is 37.0 Å². The Hall–Kier alpha value is -1.34. The molecule has 0 aromatic carbocycles. The number of hydrogen-bond acceptors (Lipinski definition) is 4. The largest absolute Gasteiger partial charge is 0.453 e. The maximum atomic E-state index is 11.7. The minimum Gasteiger partial charge on any atom is -0.453 e. The van der Waals surface area contributed by atoms with E-state index < -0.39 is 12.1 Å². The Bertz CT molecular complexity index is 433. The summed E-state index contributed by atoms with van der Waals surface area (Å²) in [5, 5.41) is 4.56. The number of carbonyl (C=O) groups is 2. The Morgan fingerprint density at radius 3 is 2.67 bits per heavy atom. The van der Waals surface area contributed by atoms with E-state index in [0.717, 1.165) is 5.76 Å². The third kappa shape index (κ3) is 4.15. The highest BCUT2D eigenvalue weighted by Crippen LogP contribution is 2.16. The highest BCUT2D eigenvalue weighted by molar-refractivity contribution is 9.10. The molecule has 1 atom stereocenters. The maximum absolute atomic E-state index is 11.7. The molecule has 1 aromatic rings. The SMILES string of the molecule is CNC(=O)NC(=O)[C@@H](C)N(C)Cc1ccc(Br)o1. The van der Waals surface area contributed by atoms with Gasteiger partial charge in [-0.05, 0) is 42.0 Å². The van der Waals surface area contributed by atoms with E-state index in [1.807, 2.05) is 6.07 Å². The minimum absolute atomic E-state index is 0.359. The van der Waals surface area contributed by atoms with E-state index in [4.69, 9.17) is 4.42 Å². The number of halogens is 1. The number of likely N-dealkylation sites (N-methyl/N-ethyl adjacent to an activating group) is 1. The molecule has 2 N–H and O–H groups in total. The molecule has 1 rings (SSSR count). The standard InChI is InChI=1S/C11H16BrN3O3/c1-7(10(16)14-11(17)13-2)15(3)6-8-4-5-9(12)18-8/h4-5,7H,6H2,1-3H3,(H2,13,14,16,17)/t7-/m1/s1. The van der Waals surface area contributed by atoms with Gasteiger partial charge in [-0.2, -0.15) is 0 Å². The zero-order valence-corrected chi connectivity index (χ0v) is 12.1. The summed E-state index contributed by atoms with van der Waals surface area (Å²) in [6.07, 6.45) is 0. The van der Waals surface area contributed by atoms with Crippen molar-refractivity contribution in [1.82, 2.24) is 15.5 Å². The van der Waals surface area contributed by atoms with E-state index in [-0.39, 0.29) is 5.91 Å². The van der Waals surface area contributed by atoms with Gasteiger partial charge < -0.3 is 9.73 Å². The Labute approximate surface area is 114 Å². The summed E-state index contributed by atoms with van der Waals surface area (Å²) in [5.41, 5.74) is 0. The van der Waals surface area contributed by atoms with Crippen LogP contribution in [0.4, 0.5) is 4.79 Å². The third-order valence-electron chi connectivity index (χ3n) is 2.54. The molecule has 3 amide bonds. The first-order valence-corrected chi connectivity index (χ1v) is 6.20. The lowest BCUT2D eigenvalue weighted by molar-refractivity contribution is -0.124. The van der Waals surface area contributed by atoms with Gasteiger partial charge in [-0.15, -0.1) is 0 Å². The highest BCUT2D eigenvalue weighted by Gasteiger charge is 2.20. The first-order chi connectivity index (χ1) is 8.43. The number of nitrogens with one attached hydrogen (secondary N) is 2. The second-order valence-corrected chi connectivity index (χ2v) is 4.65. The van der Waals surface area contributed by atoms with E-state index in [9.17, 15) is 9.59 Å². The van der Waals surface area contributed by atoms with Crippen LogP contribution in [0.3, 0.4) is 0 Å². The molecule has 0 spiro atoms. The van der Waals surface area contributed by atoms with Crippen molar-refractivity contribution >= 4 is 27.9 Å². The van der Waals surface area contributed by atoms with Crippen molar-refractivity contribution in [3.63, 3.8) is 0 Å². The van der Waals surface area contributed by atoms with Crippen molar-refractivity contribution in [3.8, 4) is 0 Å². The second-order valence-electron chi connectivity index (χ2n) is 3.87. The maximum Gasteiger partial charge on any atom is 0.321 e. The number of imide groups is 1. The molecule has 7 heteroatoms. The zero-order valence-electron chi connectivity index (χ0n) is 10.5. The quantitative estimate of drug-likeness (QED) is 0.878. The molecular weight excluding hydrogens is 302 g/mol. The number of furan rings is 1.